The predicted molar refractivity (Wildman–Crippen MR) is 84.5 cm³/mol. The van der Waals surface area contributed by atoms with E-state index in [0.717, 1.165) is 10.0 Å². The molecule has 0 spiro atoms. The second kappa shape index (κ2) is 7.04. The van der Waals surface area contributed by atoms with Crippen LogP contribution in [0.3, 0.4) is 0 Å². The van der Waals surface area contributed by atoms with E-state index in [2.05, 4.69) is 21.2 Å². The Morgan fingerprint density at radius 1 is 1.00 bits per heavy atom. The van der Waals surface area contributed by atoms with Gasteiger partial charge < -0.3 is 10.4 Å². The number of carboxylic acids is 1. The summed E-state index contributed by atoms with van der Waals surface area (Å²) in [6.45, 7) is 0. The lowest BCUT2D eigenvalue weighted by Gasteiger charge is -2.06. The number of amides is 1. The third-order valence-electron chi connectivity index (χ3n) is 2.95. The molecule has 0 fully saturated rings. The number of carbonyl (C=O) groups is 2. The van der Waals surface area contributed by atoms with Gasteiger partial charge in [-0.25, -0.2) is 0 Å². The van der Waals surface area contributed by atoms with Crippen molar-refractivity contribution in [2.75, 3.05) is 5.32 Å². The number of hydrogen-bond acceptors (Lipinski definition) is 2. The number of aliphatic carboxylic acids is 1. The van der Waals surface area contributed by atoms with Crippen molar-refractivity contribution in [2.24, 2.45) is 0 Å². The predicted octanol–water partition coefficient (Wildman–Crippen LogP) is 3.72. The van der Waals surface area contributed by atoms with Gasteiger partial charge in [0.15, 0.2) is 0 Å². The molecule has 4 nitrogen and oxygen atoms in total. The first-order valence-corrected chi connectivity index (χ1v) is 7.21. The fourth-order valence-corrected chi connectivity index (χ4v) is 2.07. The normalized spacial score (nSPS) is 10.1. The van der Waals surface area contributed by atoms with E-state index in [1.54, 1.807) is 24.3 Å². The van der Waals surface area contributed by atoms with Crippen LogP contribution in [0.15, 0.2) is 53.0 Å². The largest absolute Gasteiger partial charge is 0.481 e. The first kappa shape index (κ1) is 15.3. The first-order valence-electron chi connectivity index (χ1n) is 6.42. The molecule has 0 aliphatic heterocycles. The molecule has 2 N–H and O–H groups in total. The van der Waals surface area contributed by atoms with Crippen LogP contribution in [0.25, 0.3) is 0 Å². The minimum atomic E-state index is -0.817. The summed E-state index contributed by atoms with van der Waals surface area (Å²) in [5, 5.41) is 11.4. The van der Waals surface area contributed by atoms with Crippen LogP contribution in [0.5, 0.6) is 0 Å². The van der Waals surface area contributed by atoms with E-state index in [9.17, 15) is 9.59 Å². The molecule has 0 aromatic heterocycles. The first-order chi connectivity index (χ1) is 10.0. The van der Waals surface area contributed by atoms with Crippen molar-refractivity contribution in [3.8, 4) is 0 Å². The molecule has 0 atom stereocenters. The van der Waals surface area contributed by atoms with Crippen LogP contribution in [0.2, 0.25) is 0 Å². The second-order valence-corrected chi connectivity index (χ2v) is 5.47. The summed E-state index contributed by atoms with van der Waals surface area (Å²) in [5.41, 5.74) is 2.19. The van der Waals surface area contributed by atoms with Crippen LogP contribution < -0.4 is 5.32 Å². The zero-order chi connectivity index (χ0) is 15.2. The molecule has 0 bridgehead atoms. The van der Waals surface area contributed by atoms with Gasteiger partial charge >= 0.3 is 5.97 Å². The van der Waals surface area contributed by atoms with Gasteiger partial charge in [0.05, 0.1) is 0 Å². The Kier molecular flexibility index (Phi) is 5.11. The van der Waals surface area contributed by atoms with Crippen LogP contribution in [-0.4, -0.2) is 17.0 Å². The maximum atomic E-state index is 12.0. The number of halogens is 1. The number of anilines is 1. The standard InChI is InChI=1S/C16H14BrNO3/c17-13-6-4-12(5-7-13)16(21)18-14-8-1-11(2-9-14)3-10-15(19)20/h1-2,4-9H,3,10H2,(H,18,21)(H,19,20). The number of benzene rings is 2. The molecule has 0 aliphatic rings. The van der Waals surface area contributed by atoms with E-state index < -0.39 is 5.97 Å². The summed E-state index contributed by atoms with van der Waals surface area (Å²) in [4.78, 5) is 22.5. The SMILES string of the molecule is O=C(O)CCc1ccc(NC(=O)c2ccc(Br)cc2)cc1. The Balaban J connectivity index is 1.98. The minimum absolute atomic E-state index is 0.102. The number of carbonyl (C=O) groups excluding carboxylic acids is 1. The molecule has 2 aromatic carbocycles. The van der Waals surface area contributed by atoms with Crippen molar-refractivity contribution in [1.82, 2.24) is 0 Å². The zero-order valence-electron chi connectivity index (χ0n) is 11.2. The monoisotopic (exact) mass is 347 g/mol. The van der Waals surface area contributed by atoms with E-state index in [4.69, 9.17) is 5.11 Å². The summed E-state index contributed by atoms with van der Waals surface area (Å²) in [5.74, 6) is -0.997. The average Bonchev–Trinajstić information content (AvgIpc) is 2.47. The third kappa shape index (κ3) is 4.72. The van der Waals surface area contributed by atoms with E-state index in [1.807, 2.05) is 24.3 Å². The molecular formula is C16H14BrNO3. The summed E-state index contributed by atoms with van der Waals surface area (Å²) in [7, 11) is 0. The van der Waals surface area contributed by atoms with Crippen molar-refractivity contribution in [1.29, 1.82) is 0 Å². The summed E-state index contributed by atoms with van der Waals surface area (Å²) in [6, 6.07) is 14.3. The topological polar surface area (TPSA) is 66.4 Å². The molecule has 21 heavy (non-hydrogen) atoms. The Hall–Kier alpha value is -2.14. The van der Waals surface area contributed by atoms with Gasteiger partial charge in [0.1, 0.15) is 0 Å². The molecule has 0 heterocycles. The highest BCUT2D eigenvalue weighted by Crippen LogP contribution is 2.14. The van der Waals surface area contributed by atoms with E-state index in [0.29, 0.717) is 17.7 Å². The number of carboxylic acid groups (broad SMARTS) is 1. The molecule has 2 aromatic rings. The average molecular weight is 348 g/mol. The Morgan fingerprint density at radius 3 is 2.19 bits per heavy atom. The molecular weight excluding hydrogens is 334 g/mol. The van der Waals surface area contributed by atoms with Gasteiger partial charge in [-0.15, -0.1) is 0 Å². The Bertz CT molecular complexity index is 636. The molecule has 0 unspecified atom stereocenters. The lowest BCUT2D eigenvalue weighted by atomic mass is 10.1. The highest BCUT2D eigenvalue weighted by atomic mass is 79.9. The van der Waals surface area contributed by atoms with Gasteiger partial charge in [0.2, 0.25) is 0 Å². The number of aryl methyl sites for hydroxylation is 1. The van der Waals surface area contributed by atoms with Crippen molar-refractivity contribution < 1.29 is 14.7 Å². The summed E-state index contributed by atoms with van der Waals surface area (Å²) >= 11 is 3.32. The van der Waals surface area contributed by atoms with Gasteiger partial charge in [-0.05, 0) is 48.4 Å². The summed E-state index contributed by atoms with van der Waals surface area (Å²) < 4.78 is 0.918. The van der Waals surface area contributed by atoms with Crippen LogP contribution in [0, 0.1) is 0 Å². The van der Waals surface area contributed by atoms with Crippen LogP contribution in [0.4, 0.5) is 5.69 Å². The molecule has 1 amide bonds. The van der Waals surface area contributed by atoms with Gasteiger partial charge in [-0.1, -0.05) is 28.1 Å². The second-order valence-electron chi connectivity index (χ2n) is 4.55. The molecule has 0 aliphatic carbocycles. The van der Waals surface area contributed by atoms with Gasteiger partial charge in [-0.2, -0.15) is 0 Å². The minimum Gasteiger partial charge on any atom is -0.481 e. The fourth-order valence-electron chi connectivity index (χ4n) is 1.81. The van der Waals surface area contributed by atoms with Crippen LogP contribution >= 0.6 is 15.9 Å². The lowest BCUT2D eigenvalue weighted by Crippen LogP contribution is -2.11. The highest BCUT2D eigenvalue weighted by Gasteiger charge is 2.06. The van der Waals surface area contributed by atoms with Gasteiger partial charge in [-0.3, -0.25) is 9.59 Å². The molecule has 5 heteroatoms. The van der Waals surface area contributed by atoms with Crippen LogP contribution in [0.1, 0.15) is 22.3 Å². The van der Waals surface area contributed by atoms with E-state index >= 15 is 0 Å². The maximum absolute atomic E-state index is 12.0. The number of hydrogen-bond donors (Lipinski definition) is 2. The van der Waals surface area contributed by atoms with Crippen LogP contribution in [-0.2, 0) is 11.2 Å². The van der Waals surface area contributed by atoms with Crippen molar-refractivity contribution in [3.05, 3.63) is 64.1 Å². The quantitative estimate of drug-likeness (QED) is 0.866. The zero-order valence-corrected chi connectivity index (χ0v) is 12.8. The highest BCUT2D eigenvalue weighted by molar-refractivity contribution is 9.10. The molecule has 0 radical (unpaired) electrons. The molecule has 0 saturated heterocycles. The van der Waals surface area contributed by atoms with Gasteiger partial charge in [0, 0.05) is 22.1 Å². The smallest absolute Gasteiger partial charge is 0.303 e. The number of rotatable bonds is 5. The fraction of sp³-hybridized carbons (Fsp3) is 0.125. The van der Waals surface area contributed by atoms with Crippen molar-refractivity contribution in [2.45, 2.75) is 12.8 Å². The summed E-state index contributed by atoms with van der Waals surface area (Å²) in [6.07, 6.45) is 0.584. The lowest BCUT2D eigenvalue weighted by molar-refractivity contribution is -0.136. The molecule has 2 rings (SSSR count). The molecule has 108 valence electrons. The van der Waals surface area contributed by atoms with Gasteiger partial charge in [0.25, 0.3) is 5.91 Å². The Morgan fingerprint density at radius 2 is 1.62 bits per heavy atom. The number of nitrogens with one attached hydrogen (secondary N) is 1. The van der Waals surface area contributed by atoms with E-state index in [1.165, 1.54) is 0 Å². The third-order valence-corrected chi connectivity index (χ3v) is 3.47. The maximum Gasteiger partial charge on any atom is 0.303 e. The van der Waals surface area contributed by atoms with E-state index in [-0.39, 0.29) is 12.3 Å². The Labute approximate surface area is 130 Å². The van der Waals surface area contributed by atoms with Crippen molar-refractivity contribution >= 4 is 33.5 Å². The van der Waals surface area contributed by atoms with Crippen molar-refractivity contribution in [3.63, 3.8) is 0 Å². The molecule has 0 saturated carbocycles.